The monoisotopic (exact) mass is 269 g/mol. The highest BCUT2D eigenvalue weighted by Gasteiger charge is 2.27. The number of aromatic nitrogens is 1. The Labute approximate surface area is 111 Å². The number of thiazole rings is 1. The Bertz CT molecular complexity index is 431. The molecule has 0 bridgehead atoms. The van der Waals surface area contributed by atoms with E-state index in [-0.39, 0.29) is 12.0 Å². The SMILES string of the molecule is CCOC1CCCN(C(=O)c2sc(N)nc2C)C1. The molecule has 100 valence electrons. The summed E-state index contributed by atoms with van der Waals surface area (Å²) < 4.78 is 5.60. The van der Waals surface area contributed by atoms with E-state index in [0.717, 1.165) is 25.1 Å². The van der Waals surface area contributed by atoms with Gasteiger partial charge in [0.25, 0.3) is 5.91 Å². The normalized spacial score (nSPS) is 20.1. The van der Waals surface area contributed by atoms with Crippen LogP contribution in [0.3, 0.4) is 0 Å². The van der Waals surface area contributed by atoms with E-state index in [1.165, 1.54) is 11.3 Å². The summed E-state index contributed by atoms with van der Waals surface area (Å²) in [7, 11) is 0. The molecule has 1 unspecified atom stereocenters. The van der Waals surface area contributed by atoms with Gasteiger partial charge in [0.05, 0.1) is 11.8 Å². The largest absolute Gasteiger partial charge is 0.377 e. The molecule has 0 aromatic carbocycles. The van der Waals surface area contributed by atoms with E-state index < -0.39 is 0 Å². The lowest BCUT2D eigenvalue weighted by Gasteiger charge is -2.32. The van der Waals surface area contributed by atoms with Crippen LogP contribution in [0.2, 0.25) is 0 Å². The molecule has 1 aliphatic heterocycles. The van der Waals surface area contributed by atoms with Gasteiger partial charge in [-0.05, 0) is 26.7 Å². The van der Waals surface area contributed by atoms with Gasteiger partial charge in [-0.25, -0.2) is 4.98 Å². The predicted molar refractivity (Wildman–Crippen MR) is 71.8 cm³/mol. The number of nitrogens with two attached hydrogens (primary N) is 1. The first-order valence-electron chi connectivity index (χ1n) is 6.25. The number of carbonyl (C=O) groups excluding carboxylic acids is 1. The zero-order valence-electron chi connectivity index (χ0n) is 10.8. The van der Waals surface area contributed by atoms with Crippen LogP contribution < -0.4 is 5.73 Å². The molecule has 0 spiro atoms. The van der Waals surface area contributed by atoms with Crippen LogP contribution in [0.15, 0.2) is 0 Å². The number of likely N-dealkylation sites (tertiary alicyclic amines) is 1. The molecule has 1 amide bonds. The highest BCUT2D eigenvalue weighted by Crippen LogP contribution is 2.23. The van der Waals surface area contributed by atoms with Gasteiger partial charge in [-0.2, -0.15) is 0 Å². The van der Waals surface area contributed by atoms with E-state index >= 15 is 0 Å². The molecular formula is C12H19N3O2S. The van der Waals surface area contributed by atoms with Crippen LogP contribution >= 0.6 is 11.3 Å². The lowest BCUT2D eigenvalue weighted by atomic mass is 10.1. The topological polar surface area (TPSA) is 68.5 Å². The molecule has 0 radical (unpaired) electrons. The number of hydrogen-bond acceptors (Lipinski definition) is 5. The first-order valence-corrected chi connectivity index (χ1v) is 7.07. The van der Waals surface area contributed by atoms with Crippen LogP contribution in [-0.4, -0.2) is 41.6 Å². The third-order valence-electron chi connectivity index (χ3n) is 3.08. The van der Waals surface area contributed by atoms with Gasteiger partial charge < -0.3 is 15.4 Å². The number of nitrogens with zero attached hydrogens (tertiary/aromatic N) is 2. The van der Waals surface area contributed by atoms with Gasteiger partial charge in [0.15, 0.2) is 5.13 Å². The second-order valence-electron chi connectivity index (χ2n) is 4.44. The highest BCUT2D eigenvalue weighted by molar-refractivity contribution is 7.17. The lowest BCUT2D eigenvalue weighted by molar-refractivity contribution is 0.00738. The summed E-state index contributed by atoms with van der Waals surface area (Å²) in [5, 5.41) is 0.453. The number of rotatable bonds is 3. The van der Waals surface area contributed by atoms with Gasteiger partial charge in [0.2, 0.25) is 0 Å². The van der Waals surface area contributed by atoms with E-state index in [1.54, 1.807) is 0 Å². The molecule has 1 aliphatic rings. The van der Waals surface area contributed by atoms with Crippen molar-refractivity contribution in [1.29, 1.82) is 0 Å². The molecule has 1 aromatic heterocycles. The van der Waals surface area contributed by atoms with Crippen LogP contribution in [-0.2, 0) is 4.74 Å². The third kappa shape index (κ3) is 2.81. The molecule has 1 atom stereocenters. The van der Waals surface area contributed by atoms with Gasteiger partial charge in [0, 0.05) is 19.7 Å². The van der Waals surface area contributed by atoms with Crippen LogP contribution in [0, 0.1) is 6.92 Å². The summed E-state index contributed by atoms with van der Waals surface area (Å²) in [4.78, 5) is 19.0. The van der Waals surface area contributed by atoms with Crippen molar-refractivity contribution in [3.8, 4) is 0 Å². The summed E-state index contributed by atoms with van der Waals surface area (Å²) in [6.45, 7) is 5.96. The molecule has 1 fully saturated rings. The molecule has 2 heterocycles. The van der Waals surface area contributed by atoms with E-state index in [4.69, 9.17) is 10.5 Å². The van der Waals surface area contributed by atoms with Crippen LogP contribution in [0.5, 0.6) is 0 Å². The number of carbonyl (C=O) groups is 1. The molecule has 0 aliphatic carbocycles. The number of nitrogen functional groups attached to an aromatic ring is 1. The predicted octanol–water partition coefficient (Wildman–Crippen LogP) is 1.67. The van der Waals surface area contributed by atoms with Gasteiger partial charge >= 0.3 is 0 Å². The van der Waals surface area contributed by atoms with Crippen LogP contribution in [0.4, 0.5) is 5.13 Å². The first-order chi connectivity index (χ1) is 8.61. The quantitative estimate of drug-likeness (QED) is 0.906. The van der Waals surface area contributed by atoms with Crippen molar-refractivity contribution in [2.45, 2.75) is 32.8 Å². The Morgan fingerprint density at radius 2 is 2.44 bits per heavy atom. The molecule has 1 saturated heterocycles. The Morgan fingerprint density at radius 3 is 3.06 bits per heavy atom. The maximum absolute atomic E-state index is 12.4. The Kier molecular flexibility index (Phi) is 4.19. The zero-order chi connectivity index (χ0) is 13.1. The number of ether oxygens (including phenoxy) is 1. The first kappa shape index (κ1) is 13.3. The maximum atomic E-state index is 12.4. The third-order valence-corrected chi connectivity index (χ3v) is 4.05. The molecule has 6 heteroatoms. The molecule has 2 N–H and O–H groups in total. The maximum Gasteiger partial charge on any atom is 0.266 e. The van der Waals surface area contributed by atoms with Gasteiger partial charge in [-0.1, -0.05) is 11.3 Å². The second kappa shape index (κ2) is 5.67. The Hall–Kier alpha value is -1.14. The minimum atomic E-state index is 0.0334. The van der Waals surface area contributed by atoms with Gasteiger partial charge in [-0.15, -0.1) is 0 Å². The zero-order valence-corrected chi connectivity index (χ0v) is 11.6. The van der Waals surface area contributed by atoms with Crippen molar-refractivity contribution in [1.82, 2.24) is 9.88 Å². The number of piperidine rings is 1. The lowest BCUT2D eigenvalue weighted by Crippen LogP contribution is -2.43. The van der Waals surface area contributed by atoms with Crippen molar-refractivity contribution >= 4 is 22.4 Å². The fraction of sp³-hybridized carbons (Fsp3) is 0.667. The number of amides is 1. The fourth-order valence-electron chi connectivity index (χ4n) is 2.25. The van der Waals surface area contributed by atoms with Crippen molar-refractivity contribution in [2.75, 3.05) is 25.4 Å². The summed E-state index contributed by atoms with van der Waals surface area (Å²) in [5.74, 6) is 0.0334. The summed E-state index contributed by atoms with van der Waals surface area (Å²) >= 11 is 1.27. The minimum absolute atomic E-state index is 0.0334. The number of aryl methyl sites for hydroxylation is 1. The van der Waals surface area contributed by atoms with E-state index in [2.05, 4.69) is 4.98 Å². The molecular weight excluding hydrogens is 250 g/mol. The number of anilines is 1. The summed E-state index contributed by atoms with van der Waals surface area (Å²) in [6.07, 6.45) is 2.18. The molecule has 5 nitrogen and oxygen atoms in total. The summed E-state index contributed by atoms with van der Waals surface area (Å²) in [5.41, 5.74) is 6.36. The second-order valence-corrected chi connectivity index (χ2v) is 5.47. The van der Waals surface area contributed by atoms with Crippen LogP contribution in [0.1, 0.15) is 35.1 Å². The molecule has 0 saturated carbocycles. The Balaban J connectivity index is 2.06. The van der Waals surface area contributed by atoms with Crippen LogP contribution in [0.25, 0.3) is 0 Å². The van der Waals surface area contributed by atoms with Crippen molar-refractivity contribution < 1.29 is 9.53 Å². The van der Waals surface area contributed by atoms with Crippen molar-refractivity contribution in [3.63, 3.8) is 0 Å². The standard InChI is InChI=1S/C12H19N3O2S/c1-3-17-9-5-4-6-15(7-9)11(16)10-8(2)14-12(13)18-10/h9H,3-7H2,1-2H3,(H2,13,14). The average molecular weight is 269 g/mol. The van der Waals surface area contributed by atoms with Gasteiger partial charge in [-0.3, -0.25) is 4.79 Å². The minimum Gasteiger partial charge on any atom is -0.377 e. The highest BCUT2D eigenvalue weighted by atomic mass is 32.1. The number of hydrogen-bond donors (Lipinski definition) is 1. The van der Waals surface area contributed by atoms with E-state index in [0.29, 0.717) is 23.2 Å². The molecule has 1 aromatic rings. The smallest absolute Gasteiger partial charge is 0.266 e. The van der Waals surface area contributed by atoms with E-state index in [1.807, 2.05) is 18.7 Å². The Morgan fingerprint density at radius 1 is 1.67 bits per heavy atom. The molecule has 18 heavy (non-hydrogen) atoms. The summed E-state index contributed by atoms with van der Waals surface area (Å²) in [6, 6.07) is 0. The average Bonchev–Trinajstić information content (AvgIpc) is 2.68. The van der Waals surface area contributed by atoms with Gasteiger partial charge in [0.1, 0.15) is 4.88 Å². The van der Waals surface area contributed by atoms with Crippen molar-refractivity contribution in [2.24, 2.45) is 0 Å². The molecule has 2 rings (SSSR count). The fourth-order valence-corrected chi connectivity index (χ4v) is 3.06. The van der Waals surface area contributed by atoms with E-state index in [9.17, 15) is 4.79 Å². The van der Waals surface area contributed by atoms with Crippen molar-refractivity contribution in [3.05, 3.63) is 10.6 Å².